The first-order chi connectivity index (χ1) is 19.7. The fourth-order valence-corrected chi connectivity index (χ4v) is 6.50. The fourth-order valence-electron chi connectivity index (χ4n) is 5.69. The topological polar surface area (TPSA) is 161 Å². The Bertz CT molecular complexity index is 1300. The second kappa shape index (κ2) is 12.8. The van der Waals surface area contributed by atoms with E-state index in [0.717, 1.165) is 21.7 Å². The number of nitrogens with zero attached hydrogens (tertiary/aromatic N) is 2. The Morgan fingerprint density at radius 1 is 1.10 bits per heavy atom. The highest BCUT2D eigenvalue weighted by Crippen LogP contribution is 2.32. The molecule has 42 heavy (non-hydrogen) atoms. The van der Waals surface area contributed by atoms with Gasteiger partial charge < -0.3 is 31.1 Å². The summed E-state index contributed by atoms with van der Waals surface area (Å²) < 4.78 is 0. The summed E-state index contributed by atoms with van der Waals surface area (Å²) in [6, 6.07) is 5.65. The number of carbonyl (C=O) groups is 4. The second-order valence-electron chi connectivity index (χ2n) is 12.6. The molecule has 12 heteroatoms. The minimum Gasteiger partial charge on any atom is -0.465 e. The summed E-state index contributed by atoms with van der Waals surface area (Å²) >= 11 is 1.57. The van der Waals surface area contributed by atoms with Crippen molar-refractivity contribution in [3.63, 3.8) is 0 Å². The van der Waals surface area contributed by atoms with Crippen LogP contribution in [0.3, 0.4) is 0 Å². The quantitative estimate of drug-likeness (QED) is 0.296. The van der Waals surface area contributed by atoms with Crippen molar-refractivity contribution < 1.29 is 29.4 Å². The second-order valence-corrected chi connectivity index (χ2v) is 13.4. The van der Waals surface area contributed by atoms with Crippen LogP contribution in [0.2, 0.25) is 0 Å². The molecule has 2 aromatic rings. The molecule has 0 radical (unpaired) electrons. The fraction of sp³-hybridized carbons (Fsp3) is 0.567. The Morgan fingerprint density at radius 2 is 1.76 bits per heavy atom. The lowest BCUT2D eigenvalue weighted by molar-refractivity contribution is -0.144. The van der Waals surface area contributed by atoms with Crippen LogP contribution in [0.4, 0.5) is 4.79 Å². The third-order valence-electron chi connectivity index (χ3n) is 8.10. The monoisotopic (exact) mass is 599 g/mol. The average Bonchev–Trinajstić information content (AvgIpc) is 3.50. The summed E-state index contributed by atoms with van der Waals surface area (Å²) in [5, 5.41) is 27.6. The molecule has 4 atom stereocenters. The summed E-state index contributed by atoms with van der Waals surface area (Å²) in [6.07, 6.45) is -0.503. The Labute approximate surface area is 250 Å². The van der Waals surface area contributed by atoms with Crippen LogP contribution in [0, 0.1) is 18.3 Å². The number of benzene rings is 1. The van der Waals surface area contributed by atoms with Crippen LogP contribution in [0.1, 0.15) is 70.7 Å². The highest BCUT2D eigenvalue weighted by atomic mass is 32.1. The van der Waals surface area contributed by atoms with Gasteiger partial charge in [0.15, 0.2) is 0 Å². The molecule has 1 aliphatic heterocycles. The van der Waals surface area contributed by atoms with Crippen LogP contribution >= 0.6 is 11.3 Å². The molecule has 2 aliphatic rings. The summed E-state index contributed by atoms with van der Waals surface area (Å²) in [7, 11) is 0. The van der Waals surface area contributed by atoms with E-state index in [-0.39, 0.29) is 49.2 Å². The van der Waals surface area contributed by atoms with Crippen molar-refractivity contribution in [2.45, 2.75) is 90.6 Å². The molecule has 5 N–H and O–H groups in total. The maximum Gasteiger partial charge on any atom is 0.404 e. The standard InChI is InChI=1S/C30H41N5O6S/c1-16(19-6-8-20(9-7-19)25-17(2)31-15-42-25)32-27(38)23-13-22(36)14-35(23)28(39)26(30(3,4)5)34-24(37)12-18-10-21(11-18)33-29(40)41/h6-9,15-16,18,21-23,26,33,36H,10-14H2,1-5H3,(H,32,38)(H,34,37)(H,40,41)/t16-,18?,21?,22+,23-,26+/m0/s1. The van der Waals surface area contributed by atoms with Crippen LogP contribution in [0.15, 0.2) is 29.8 Å². The molecule has 1 aliphatic carbocycles. The van der Waals surface area contributed by atoms with Crippen molar-refractivity contribution in [2.75, 3.05) is 6.54 Å². The van der Waals surface area contributed by atoms with E-state index in [4.69, 9.17) is 5.11 Å². The van der Waals surface area contributed by atoms with E-state index in [0.29, 0.717) is 12.8 Å². The lowest BCUT2D eigenvalue weighted by Crippen LogP contribution is -2.58. The maximum atomic E-state index is 13.8. The van der Waals surface area contributed by atoms with E-state index in [1.54, 1.807) is 11.3 Å². The number of nitrogens with one attached hydrogen (secondary N) is 3. The SMILES string of the molecule is Cc1ncsc1-c1ccc([C@H](C)NC(=O)[C@@H]2C[C@@H](O)CN2C(=O)[C@@H](NC(=O)CC2CC(NC(=O)O)C2)C(C)(C)C)cc1. The number of rotatable bonds is 9. The lowest BCUT2D eigenvalue weighted by atomic mass is 9.78. The van der Waals surface area contributed by atoms with Crippen LogP contribution in [0.25, 0.3) is 10.4 Å². The maximum absolute atomic E-state index is 13.8. The molecule has 2 fully saturated rings. The van der Waals surface area contributed by atoms with Gasteiger partial charge in [-0.2, -0.15) is 0 Å². The van der Waals surface area contributed by atoms with Gasteiger partial charge in [0.2, 0.25) is 17.7 Å². The van der Waals surface area contributed by atoms with Gasteiger partial charge in [0, 0.05) is 25.4 Å². The molecule has 4 amide bonds. The third-order valence-corrected chi connectivity index (χ3v) is 9.08. The number of likely N-dealkylation sites (tertiary alicyclic amines) is 1. The molecule has 0 spiro atoms. The van der Waals surface area contributed by atoms with Crippen LogP contribution in [-0.2, 0) is 14.4 Å². The van der Waals surface area contributed by atoms with Gasteiger partial charge in [-0.3, -0.25) is 14.4 Å². The molecule has 4 rings (SSSR count). The molecule has 0 unspecified atom stereocenters. The number of aromatic nitrogens is 1. The van der Waals surface area contributed by atoms with Gasteiger partial charge in [-0.05, 0) is 49.1 Å². The molecule has 1 aromatic heterocycles. The number of carboxylic acid groups (broad SMARTS) is 1. The number of hydrogen-bond acceptors (Lipinski definition) is 7. The van der Waals surface area contributed by atoms with Gasteiger partial charge >= 0.3 is 6.09 Å². The number of amides is 4. The Kier molecular flexibility index (Phi) is 9.56. The first kappa shape index (κ1) is 31.4. The minimum absolute atomic E-state index is 0.00180. The van der Waals surface area contributed by atoms with Gasteiger partial charge in [0.25, 0.3) is 0 Å². The van der Waals surface area contributed by atoms with Crippen LogP contribution in [0.5, 0.6) is 0 Å². The van der Waals surface area contributed by atoms with Crippen molar-refractivity contribution in [3.8, 4) is 10.4 Å². The molecule has 228 valence electrons. The highest BCUT2D eigenvalue weighted by Gasteiger charge is 2.45. The van der Waals surface area contributed by atoms with Gasteiger partial charge in [-0.15, -0.1) is 11.3 Å². The van der Waals surface area contributed by atoms with Crippen molar-refractivity contribution in [1.29, 1.82) is 0 Å². The lowest BCUT2D eigenvalue weighted by Gasteiger charge is -2.37. The van der Waals surface area contributed by atoms with Crippen LogP contribution < -0.4 is 16.0 Å². The predicted molar refractivity (Wildman–Crippen MR) is 159 cm³/mol. The predicted octanol–water partition coefficient (Wildman–Crippen LogP) is 3.22. The zero-order valence-electron chi connectivity index (χ0n) is 24.7. The number of β-amino-alcohol motifs (C(OH)–C–C–N with tert-alkyl or cyclic N) is 1. The highest BCUT2D eigenvalue weighted by molar-refractivity contribution is 7.13. The summed E-state index contributed by atoms with van der Waals surface area (Å²) in [5.74, 6) is -1.04. The molecule has 1 aromatic carbocycles. The average molecular weight is 600 g/mol. The summed E-state index contributed by atoms with van der Waals surface area (Å²) in [5.41, 5.74) is 4.08. The van der Waals surface area contributed by atoms with E-state index < -0.39 is 35.6 Å². The number of hydrogen-bond donors (Lipinski definition) is 5. The largest absolute Gasteiger partial charge is 0.465 e. The number of aryl methyl sites for hydroxylation is 1. The Hall–Kier alpha value is -3.51. The minimum atomic E-state index is -1.08. The van der Waals surface area contributed by atoms with E-state index in [1.165, 1.54) is 4.90 Å². The molecular formula is C30H41N5O6S. The number of aliphatic hydroxyl groups is 1. The van der Waals surface area contributed by atoms with Crippen molar-refractivity contribution >= 4 is 35.2 Å². The molecule has 1 saturated heterocycles. The van der Waals surface area contributed by atoms with E-state index in [1.807, 2.05) is 64.4 Å². The summed E-state index contributed by atoms with van der Waals surface area (Å²) in [4.78, 5) is 57.7. The van der Waals surface area contributed by atoms with Gasteiger partial charge in [0.1, 0.15) is 12.1 Å². The number of thiazole rings is 1. The van der Waals surface area contributed by atoms with Crippen molar-refractivity contribution in [2.24, 2.45) is 11.3 Å². The van der Waals surface area contributed by atoms with Gasteiger partial charge in [0.05, 0.1) is 28.2 Å². The van der Waals surface area contributed by atoms with Gasteiger partial charge in [-0.25, -0.2) is 9.78 Å². The zero-order chi connectivity index (χ0) is 30.8. The van der Waals surface area contributed by atoms with E-state index in [9.17, 15) is 24.3 Å². The summed E-state index contributed by atoms with van der Waals surface area (Å²) in [6.45, 7) is 9.36. The van der Waals surface area contributed by atoms with Gasteiger partial charge in [-0.1, -0.05) is 45.0 Å². The first-order valence-corrected chi connectivity index (χ1v) is 15.2. The third kappa shape index (κ3) is 7.46. The number of carbonyl (C=O) groups excluding carboxylic acids is 3. The molecule has 1 saturated carbocycles. The number of aliphatic hydroxyl groups excluding tert-OH is 1. The van der Waals surface area contributed by atoms with Crippen molar-refractivity contribution in [3.05, 3.63) is 41.0 Å². The molecule has 11 nitrogen and oxygen atoms in total. The molecule has 2 heterocycles. The zero-order valence-corrected chi connectivity index (χ0v) is 25.5. The normalized spacial score (nSPS) is 23.4. The molecular weight excluding hydrogens is 558 g/mol. The van der Waals surface area contributed by atoms with E-state index in [2.05, 4.69) is 20.9 Å². The van der Waals surface area contributed by atoms with E-state index >= 15 is 0 Å². The molecule has 0 bridgehead atoms. The van der Waals surface area contributed by atoms with Crippen molar-refractivity contribution in [1.82, 2.24) is 25.8 Å². The smallest absolute Gasteiger partial charge is 0.404 e. The van der Waals surface area contributed by atoms with Crippen LogP contribution in [-0.4, -0.2) is 74.7 Å². The Balaban J connectivity index is 1.39. The first-order valence-electron chi connectivity index (χ1n) is 14.3. The Morgan fingerprint density at radius 3 is 2.33 bits per heavy atom.